The molecule has 1 aliphatic heterocycles. The summed E-state index contributed by atoms with van der Waals surface area (Å²) in [5, 5.41) is 4.22. The number of nitrogens with one attached hydrogen (secondary N) is 1. The van der Waals surface area contributed by atoms with Crippen LogP contribution in [0.15, 0.2) is 24.5 Å². The first kappa shape index (κ1) is 15.9. The molecule has 122 valence electrons. The molecule has 0 bridgehead atoms. The normalized spacial score (nSPS) is 20.9. The van der Waals surface area contributed by atoms with Gasteiger partial charge < -0.3 is 10.2 Å². The molecule has 23 heavy (non-hydrogen) atoms. The van der Waals surface area contributed by atoms with Crippen LogP contribution >= 0.6 is 11.6 Å². The van der Waals surface area contributed by atoms with Gasteiger partial charge in [-0.1, -0.05) is 11.6 Å². The zero-order valence-corrected chi connectivity index (χ0v) is 13.3. The molecule has 3 rings (SSSR count). The first-order valence-corrected chi connectivity index (χ1v) is 7.52. The highest BCUT2D eigenvalue weighted by molar-refractivity contribution is 6.31. The lowest BCUT2D eigenvalue weighted by Gasteiger charge is -2.46. The molecule has 0 unspecified atom stereocenters. The van der Waals surface area contributed by atoms with Gasteiger partial charge in [0.15, 0.2) is 0 Å². The lowest BCUT2D eigenvalue weighted by atomic mass is 9.99. The fraction of sp³-hybridized carbons (Fsp3) is 0.400. The highest BCUT2D eigenvalue weighted by atomic mass is 35.5. The van der Waals surface area contributed by atoms with E-state index in [4.69, 9.17) is 11.6 Å². The van der Waals surface area contributed by atoms with Crippen molar-refractivity contribution < 1.29 is 13.6 Å². The lowest BCUT2D eigenvalue weighted by Crippen LogP contribution is -2.67. The van der Waals surface area contributed by atoms with Gasteiger partial charge >= 0.3 is 0 Å². The van der Waals surface area contributed by atoms with Crippen molar-refractivity contribution >= 4 is 34.2 Å². The number of alkyl halides is 2. The summed E-state index contributed by atoms with van der Waals surface area (Å²) >= 11 is 5.93. The maximum absolute atomic E-state index is 13.2. The zero-order valence-electron chi connectivity index (χ0n) is 12.6. The smallest absolute Gasteiger partial charge is 0.284 e. The van der Waals surface area contributed by atoms with Crippen molar-refractivity contribution in [2.24, 2.45) is 0 Å². The number of carbonyl (C=O) groups is 1. The molecule has 8 heteroatoms. The second-order valence-electron chi connectivity index (χ2n) is 5.65. The minimum absolute atomic E-state index is 0.385. The van der Waals surface area contributed by atoms with Gasteiger partial charge in [0.25, 0.3) is 5.92 Å². The van der Waals surface area contributed by atoms with Crippen molar-refractivity contribution in [3.63, 3.8) is 0 Å². The Hall–Kier alpha value is -2.02. The lowest BCUT2D eigenvalue weighted by molar-refractivity contribution is -0.190. The van der Waals surface area contributed by atoms with Crippen molar-refractivity contribution in [1.82, 2.24) is 14.9 Å². The third kappa shape index (κ3) is 2.81. The van der Waals surface area contributed by atoms with Crippen LogP contribution in [0.25, 0.3) is 10.9 Å². The van der Waals surface area contributed by atoms with E-state index < -0.39 is 24.6 Å². The molecule has 0 saturated carbocycles. The molecule has 1 saturated heterocycles. The molecule has 2 heterocycles. The summed E-state index contributed by atoms with van der Waals surface area (Å²) in [7, 11) is 0. The number of anilines is 1. The second-order valence-corrected chi connectivity index (χ2v) is 6.09. The number of nitrogens with zero attached hydrogens (tertiary/aromatic N) is 3. The van der Waals surface area contributed by atoms with Crippen molar-refractivity contribution in [2.75, 3.05) is 11.9 Å². The van der Waals surface area contributed by atoms with Crippen LogP contribution in [0.4, 0.5) is 14.6 Å². The molecule has 1 fully saturated rings. The van der Waals surface area contributed by atoms with Gasteiger partial charge in [-0.2, -0.15) is 0 Å². The summed E-state index contributed by atoms with van der Waals surface area (Å²) in [6, 6.07) is 3.37. The van der Waals surface area contributed by atoms with Crippen LogP contribution < -0.4 is 5.32 Å². The van der Waals surface area contributed by atoms with E-state index in [1.807, 2.05) is 0 Å². The molecule has 0 radical (unpaired) electrons. The molecule has 2 aromatic rings. The quantitative estimate of drug-likeness (QED) is 0.933. The SMILES string of the molecule is C[C@@H]1N(C(=O)[C@@H](C)Nc2ncnc3cc(Cl)ccc23)CC1(F)F. The van der Waals surface area contributed by atoms with E-state index >= 15 is 0 Å². The molecule has 1 aromatic heterocycles. The van der Waals surface area contributed by atoms with Gasteiger partial charge in [0.1, 0.15) is 18.2 Å². The third-order valence-corrected chi connectivity index (χ3v) is 4.30. The number of hydrogen-bond donors (Lipinski definition) is 1. The Balaban J connectivity index is 1.78. The van der Waals surface area contributed by atoms with E-state index in [-0.39, 0.29) is 5.91 Å². The summed E-state index contributed by atoms with van der Waals surface area (Å²) in [6.45, 7) is 2.42. The van der Waals surface area contributed by atoms with Crippen molar-refractivity contribution in [3.8, 4) is 0 Å². The van der Waals surface area contributed by atoms with Crippen LogP contribution in [0.2, 0.25) is 5.02 Å². The number of carbonyl (C=O) groups excluding carboxylic acids is 1. The Morgan fingerprint density at radius 2 is 2.22 bits per heavy atom. The van der Waals surface area contributed by atoms with Crippen LogP contribution in [-0.4, -0.2) is 45.3 Å². The van der Waals surface area contributed by atoms with Crippen LogP contribution in [0, 0.1) is 0 Å². The number of rotatable bonds is 3. The number of amides is 1. The Bertz CT molecular complexity index is 770. The fourth-order valence-corrected chi connectivity index (χ4v) is 2.71. The van der Waals surface area contributed by atoms with E-state index in [2.05, 4.69) is 15.3 Å². The zero-order chi connectivity index (χ0) is 16.8. The van der Waals surface area contributed by atoms with Crippen molar-refractivity contribution in [1.29, 1.82) is 0 Å². The van der Waals surface area contributed by atoms with E-state index in [0.717, 1.165) is 4.90 Å². The fourth-order valence-electron chi connectivity index (χ4n) is 2.54. The highest BCUT2D eigenvalue weighted by Crippen LogP contribution is 2.35. The maximum Gasteiger partial charge on any atom is 0.284 e. The number of likely N-dealkylation sites (tertiary alicyclic amines) is 1. The van der Waals surface area contributed by atoms with Gasteiger partial charge in [-0.05, 0) is 32.0 Å². The third-order valence-electron chi connectivity index (χ3n) is 4.07. The van der Waals surface area contributed by atoms with E-state index in [0.29, 0.717) is 21.7 Å². The van der Waals surface area contributed by atoms with Crippen LogP contribution in [0.3, 0.4) is 0 Å². The number of hydrogen-bond acceptors (Lipinski definition) is 4. The summed E-state index contributed by atoms with van der Waals surface area (Å²) in [6.07, 6.45) is 1.36. The topological polar surface area (TPSA) is 58.1 Å². The number of aromatic nitrogens is 2. The molecule has 1 amide bonds. The largest absolute Gasteiger partial charge is 0.358 e. The van der Waals surface area contributed by atoms with Crippen LogP contribution in [0.1, 0.15) is 13.8 Å². The van der Waals surface area contributed by atoms with Crippen LogP contribution in [0.5, 0.6) is 0 Å². The monoisotopic (exact) mass is 340 g/mol. The first-order valence-electron chi connectivity index (χ1n) is 7.15. The van der Waals surface area contributed by atoms with Gasteiger partial charge in [-0.15, -0.1) is 0 Å². The molecule has 5 nitrogen and oxygen atoms in total. The van der Waals surface area contributed by atoms with Crippen LogP contribution in [-0.2, 0) is 4.79 Å². The summed E-state index contributed by atoms with van der Waals surface area (Å²) in [4.78, 5) is 21.7. The summed E-state index contributed by atoms with van der Waals surface area (Å²) < 4.78 is 26.5. The summed E-state index contributed by atoms with van der Waals surface area (Å²) in [5.41, 5.74) is 0.638. The highest BCUT2D eigenvalue weighted by Gasteiger charge is 2.54. The van der Waals surface area contributed by atoms with Crippen molar-refractivity contribution in [2.45, 2.75) is 31.9 Å². The van der Waals surface area contributed by atoms with E-state index in [9.17, 15) is 13.6 Å². The predicted molar refractivity (Wildman–Crippen MR) is 83.8 cm³/mol. The number of benzene rings is 1. The Kier molecular flexibility index (Phi) is 3.83. The van der Waals surface area contributed by atoms with Gasteiger partial charge in [0, 0.05) is 10.4 Å². The molecular weight excluding hydrogens is 326 g/mol. The summed E-state index contributed by atoms with van der Waals surface area (Å²) in [5.74, 6) is -2.73. The molecule has 0 aliphatic carbocycles. The average Bonchev–Trinajstić information content (AvgIpc) is 2.51. The molecule has 1 aromatic carbocycles. The van der Waals surface area contributed by atoms with Gasteiger partial charge in [-0.25, -0.2) is 18.7 Å². The minimum atomic E-state index is -2.81. The minimum Gasteiger partial charge on any atom is -0.358 e. The molecule has 2 atom stereocenters. The molecular formula is C15H15ClF2N4O. The molecule has 1 N–H and O–H groups in total. The van der Waals surface area contributed by atoms with Crippen molar-refractivity contribution in [3.05, 3.63) is 29.5 Å². The van der Waals surface area contributed by atoms with E-state index in [1.54, 1.807) is 25.1 Å². The number of halogens is 3. The second kappa shape index (κ2) is 5.56. The Morgan fingerprint density at radius 1 is 1.48 bits per heavy atom. The van der Waals surface area contributed by atoms with Gasteiger partial charge in [0.2, 0.25) is 5.91 Å². The molecule has 1 aliphatic rings. The Labute approximate surface area is 136 Å². The number of fused-ring (bicyclic) bond motifs is 1. The standard InChI is InChI=1S/C15H15ClF2N4O/c1-8(14(23)22-6-15(17,18)9(22)2)21-13-11-4-3-10(16)5-12(11)19-7-20-13/h3-5,7-9H,6H2,1-2H3,(H,19,20,21)/t8-,9+/m1/s1. The Morgan fingerprint density at radius 3 is 2.87 bits per heavy atom. The molecule has 0 spiro atoms. The van der Waals surface area contributed by atoms with Gasteiger partial charge in [-0.3, -0.25) is 4.79 Å². The predicted octanol–water partition coefficient (Wildman–Crippen LogP) is 2.95. The maximum atomic E-state index is 13.2. The van der Waals surface area contributed by atoms with E-state index in [1.165, 1.54) is 13.3 Å². The van der Waals surface area contributed by atoms with Gasteiger partial charge in [0.05, 0.1) is 18.1 Å². The first-order chi connectivity index (χ1) is 10.8. The average molecular weight is 341 g/mol.